The largest absolute Gasteiger partial charge is 0.456 e. The van der Waals surface area contributed by atoms with Gasteiger partial charge in [-0.2, -0.15) is 0 Å². The Bertz CT molecular complexity index is 541. The summed E-state index contributed by atoms with van der Waals surface area (Å²) in [7, 11) is 0. The van der Waals surface area contributed by atoms with Crippen LogP contribution >= 0.6 is 11.8 Å². The van der Waals surface area contributed by atoms with Gasteiger partial charge in [-0.05, 0) is 19.1 Å². The molecule has 0 fully saturated rings. The van der Waals surface area contributed by atoms with Crippen molar-refractivity contribution in [3.8, 4) is 0 Å². The van der Waals surface area contributed by atoms with Crippen molar-refractivity contribution in [1.29, 1.82) is 0 Å². The number of carbonyl (C=O) groups excluding carboxylic acids is 1. The molecule has 6 nitrogen and oxygen atoms in total. The zero-order valence-electron chi connectivity index (χ0n) is 9.71. The fraction of sp³-hybridized carbons (Fsp3) is 0.182. The van der Waals surface area contributed by atoms with Gasteiger partial charge in [0.15, 0.2) is 5.76 Å². The van der Waals surface area contributed by atoms with Crippen LogP contribution < -0.4 is 11.3 Å². The highest BCUT2D eigenvalue weighted by Crippen LogP contribution is 2.24. The SMILES string of the molecule is Cc1oc(C(=O)NN)cc1CSc1ccncn1. The second-order valence-electron chi connectivity index (χ2n) is 3.50. The van der Waals surface area contributed by atoms with Crippen LogP contribution in [0.1, 0.15) is 21.9 Å². The second kappa shape index (κ2) is 5.65. The van der Waals surface area contributed by atoms with E-state index in [2.05, 4.69) is 9.97 Å². The maximum Gasteiger partial charge on any atom is 0.300 e. The lowest BCUT2D eigenvalue weighted by molar-refractivity contribution is 0.0924. The van der Waals surface area contributed by atoms with Crippen molar-refractivity contribution in [2.45, 2.75) is 17.7 Å². The lowest BCUT2D eigenvalue weighted by Gasteiger charge is -1.98. The van der Waals surface area contributed by atoms with Crippen molar-refractivity contribution < 1.29 is 9.21 Å². The predicted octanol–water partition coefficient (Wildman–Crippen LogP) is 1.27. The van der Waals surface area contributed by atoms with E-state index in [0.717, 1.165) is 10.6 Å². The van der Waals surface area contributed by atoms with Crippen LogP contribution in [0.5, 0.6) is 0 Å². The number of nitrogens with zero attached hydrogens (tertiary/aromatic N) is 2. The topological polar surface area (TPSA) is 94.0 Å². The van der Waals surface area contributed by atoms with Crippen molar-refractivity contribution in [2.24, 2.45) is 5.84 Å². The number of nitrogens with one attached hydrogen (secondary N) is 1. The molecule has 3 N–H and O–H groups in total. The minimum absolute atomic E-state index is 0.216. The van der Waals surface area contributed by atoms with Crippen molar-refractivity contribution >= 4 is 17.7 Å². The van der Waals surface area contributed by atoms with Crippen LogP contribution in [0.25, 0.3) is 0 Å². The van der Waals surface area contributed by atoms with E-state index in [0.29, 0.717) is 11.5 Å². The average Bonchev–Trinajstić information content (AvgIpc) is 2.78. The molecule has 2 aromatic heterocycles. The Morgan fingerprint density at radius 1 is 1.61 bits per heavy atom. The number of amides is 1. The fourth-order valence-corrected chi connectivity index (χ4v) is 2.23. The Hall–Kier alpha value is -1.86. The van der Waals surface area contributed by atoms with E-state index in [4.69, 9.17) is 10.3 Å². The third-order valence-electron chi connectivity index (χ3n) is 2.31. The number of hydrogen-bond acceptors (Lipinski definition) is 6. The van der Waals surface area contributed by atoms with Crippen LogP contribution in [-0.4, -0.2) is 15.9 Å². The molecular weight excluding hydrogens is 252 g/mol. The first-order valence-electron chi connectivity index (χ1n) is 5.19. The Morgan fingerprint density at radius 3 is 3.11 bits per heavy atom. The first kappa shape index (κ1) is 12.6. The molecule has 0 saturated heterocycles. The van der Waals surface area contributed by atoms with Crippen LogP contribution in [0.15, 0.2) is 34.1 Å². The number of nitrogen functional groups attached to an aromatic ring is 1. The van der Waals surface area contributed by atoms with Gasteiger partial charge in [0, 0.05) is 17.5 Å². The van der Waals surface area contributed by atoms with Crippen LogP contribution in [0.2, 0.25) is 0 Å². The van der Waals surface area contributed by atoms with Crippen molar-refractivity contribution in [3.63, 3.8) is 0 Å². The molecule has 0 unspecified atom stereocenters. The molecule has 0 bridgehead atoms. The Kier molecular flexibility index (Phi) is 3.96. The Balaban J connectivity index is 2.06. The number of carbonyl (C=O) groups is 1. The summed E-state index contributed by atoms with van der Waals surface area (Å²) < 4.78 is 5.32. The van der Waals surface area contributed by atoms with Crippen LogP contribution in [-0.2, 0) is 5.75 Å². The van der Waals surface area contributed by atoms with Crippen molar-refractivity contribution in [1.82, 2.24) is 15.4 Å². The summed E-state index contributed by atoms with van der Waals surface area (Å²) >= 11 is 1.55. The number of hydrazine groups is 1. The van der Waals surface area contributed by atoms with Crippen LogP contribution in [0, 0.1) is 6.92 Å². The zero-order valence-corrected chi connectivity index (χ0v) is 10.5. The molecule has 2 heterocycles. The number of furan rings is 1. The molecule has 18 heavy (non-hydrogen) atoms. The molecule has 0 aliphatic rings. The number of thioether (sulfide) groups is 1. The van der Waals surface area contributed by atoms with Crippen molar-refractivity contribution in [3.05, 3.63) is 41.7 Å². The summed E-state index contributed by atoms with van der Waals surface area (Å²) in [6.07, 6.45) is 3.18. The monoisotopic (exact) mass is 264 g/mol. The fourth-order valence-electron chi connectivity index (χ4n) is 1.36. The van der Waals surface area contributed by atoms with Crippen LogP contribution in [0.3, 0.4) is 0 Å². The average molecular weight is 264 g/mol. The summed E-state index contributed by atoms with van der Waals surface area (Å²) in [6.45, 7) is 1.81. The van der Waals surface area contributed by atoms with Gasteiger partial charge in [-0.15, -0.1) is 11.8 Å². The summed E-state index contributed by atoms with van der Waals surface area (Å²) in [5.74, 6) is 6.20. The molecule has 0 aliphatic heterocycles. The van der Waals surface area contributed by atoms with Crippen LogP contribution in [0.4, 0.5) is 0 Å². The van der Waals surface area contributed by atoms with Gasteiger partial charge in [0.05, 0.1) is 5.03 Å². The summed E-state index contributed by atoms with van der Waals surface area (Å²) in [5.41, 5.74) is 2.98. The van der Waals surface area contributed by atoms with Gasteiger partial charge in [-0.1, -0.05) is 0 Å². The minimum atomic E-state index is -0.434. The van der Waals surface area contributed by atoms with Gasteiger partial charge in [0.25, 0.3) is 0 Å². The van der Waals surface area contributed by atoms with Gasteiger partial charge in [0.1, 0.15) is 12.1 Å². The molecule has 1 amide bonds. The zero-order chi connectivity index (χ0) is 13.0. The summed E-state index contributed by atoms with van der Waals surface area (Å²) in [4.78, 5) is 19.2. The third kappa shape index (κ3) is 2.88. The van der Waals surface area contributed by atoms with E-state index in [-0.39, 0.29) is 5.76 Å². The number of aryl methyl sites for hydroxylation is 1. The summed E-state index contributed by atoms with van der Waals surface area (Å²) in [6, 6.07) is 3.51. The molecule has 2 rings (SSSR count). The minimum Gasteiger partial charge on any atom is -0.456 e. The standard InChI is InChI=1S/C11H12N4O2S/c1-7-8(4-9(17-7)11(16)15-12)5-18-10-2-3-13-6-14-10/h2-4,6H,5,12H2,1H3,(H,15,16). The van der Waals surface area contributed by atoms with Gasteiger partial charge >= 0.3 is 5.91 Å². The maximum atomic E-state index is 11.3. The van der Waals surface area contributed by atoms with E-state index < -0.39 is 5.91 Å². The number of aromatic nitrogens is 2. The normalized spacial score (nSPS) is 10.3. The molecule has 0 atom stereocenters. The molecule has 0 radical (unpaired) electrons. The lowest BCUT2D eigenvalue weighted by Crippen LogP contribution is -2.29. The molecular formula is C11H12N4O2S. The number of hydrogen-bond donors (Lipinski definition) is 2. The lowest BCUT2D eigenvalue weighted by atomic mass is 10.3. The van der Waals surface area contributed by atoms with Gasteiger partial charge in [0.2, 0.25) is 0 Å². The van der Waals surface area contributed by atoms with Crippen molar-refractivity contribution in [2.75, 3.05) is 0 Å². The highest BCUT2D eigenvalue weighted by atomic mass is 32.2. The molecule has 0 aromatic carbocycles. The molecule has 94 valence electrons. The van der Waals surface area contributed by atoms with E-state index in [9.17, 15) is 4.79 Å². The first-order chi connectivity index (χ1) is 8.70. The first-order valence-corrected chi connectivity index (χ1v) is 6.18. The molecule has 2 aromatic rings. The second-order valence-corrected chi connectivity index (χ2v) is 4.50. The maximum absolute atomic E-state index is 11.3. The van der Waals surface area contributed by atoms with E-state index in [1.807, 2.05) is 18.4 Å². The molecule has 0 spiro atoms. The smallest absolute Gasteiger partial charge is 0.300 e. The quantitative estimate of drug-likeness (QED) is 0.284. The Labute approximate surface area is 108 Å². The van der Waals surface area contributed by atoms with E-state index >= 15 is 0 Å². The summed E-state index contributed by atoms with van der Waals surface area (Å²) in [5, 5.41) is 0.871. The predicted molar refractivity (Wildman–Crippen MR) is 66.7 cm³/mol. The number of nitrogens with two attached hydrogens (primary N) is 1. The van der Waals surface area contributed by atoms with Gasteiger partial charge < -0.3 is 4.42 Å². The van der Waals surface area contributed by atoms with E-state index in [1.165, 1.54) is 6.33 Å². The highest BCUT2D eigenvalue weighted by Gasteiger charge is 2.13. The van der Waals surface area contributed by atoms with Gasteiger partial charge in [-0.3, -0.25) is 10.2 Å². The Morgan fingerprint density at radius 2 is 2.44 bits per heavy atom. The van der Waals surface area contributed by atoms with E-state index in [1.54, 1.807) is 24.0 Å². The third-order valence-corrected chi connectivity index (χ3v) is 3.30. The molecule has 0 saturated carbocycles. The number of rotatable bonds is 4. The molecule has 0 aliphatic carbocycles. The highest BCUT2D eigenvalue weighted by molar-refractivity contribution is 7.98. The molecule has 7 heteroatoms. The van der Waals surface area contributed by atoms with Gasteiger partial charge in [-0.25, -0.2) is 15.8 Å².